The van der Waals surface area contributed by atoms with Crippen LogP contribution >= 0.6 is 15.9 Å². The van der Waals surface area contributed by atoms with E-state index in [1.807, 2.05) is 0 Å². The summed E-state index contributed by atoms with van der Waals surface area (Å²) in [6.07, 6.45) is 5.34. The second-order valence-corrected chi connectivity index (χ2v) is 5.97. The number of nitrogens with one attached hydrogen (secondary N) is 1. The number of hydrogen-bond donors (Lipinski definition) is 1. The molecule has 1 N–H and O–H groups in total. The first-order valence-corrected chi connectivity index (χ1v) is 7.22. The van der Waals surface area contributed by atoms with Crippen LogP contribution in [-0.2, 0) is 0 Å². The molecule has 3 heterocycles. The molecule has 0 unspecified atom stereocenters. The highest BCUT2D eigenvalue weighted by Crippen LogP contribution is 2.38. The van der Waals surface area contributed by atoms with Crippen LogP contribution in [0.2, 0.25) is 0 Å². The van der Waals surface area contributed by atoms with Gasteiger partial charge in [0.15, 0.2) is 0 Å². The lowest BCUT2D eigenvalue weighted by atomic mass is 9.94. The largest absolute Gasteiger partial charge is 0.363 e. The molecule has 0 spiro atoms. The van der Waals surface area contributed by atoms with Gasteiger partial charge in [-0.15, -0.1) is 0 Å². The van der Waals surface area contributed by atoms with Crippen molar-refractivity contribution in [1.82, 2.24) is 10.3 Å². The highest BCUT2D eigenvalue weighted by molar-refractivity contribution is 9.10. The van der Waals surface area contributed by atoms with Crippen LogP contribution in [0.1, 0.15) is 12.8 Å². The van der Waals surface area contributed by atoms with Crippen molar-refractivity contribution in [2.45, 2.75) is 18.9 Å². The van der Waals surface area contributed by atoms with E-state index >= 15 is 0 Å². The Balaban J connectivity index is 1.92. The maximum Gasteiger partial charge on any atom is 0.311 e. The molecular weight excluding hydrogens is 312 g/mol. The number of pyridine rings is 1. The van der Waals surface area contributed by atoms with Gasteiger partial charge in [0.05, 0.1) is 9.40 Å². The summed E-state index contributed by atoms with van der Waals surface area (Å²) in [7, 11) is 0. The maximum atomic E-state index is 11.1. The van der Waals surface area contributed by atoms with E-state index in [9.17, 15) is 10.1 Å². The Hall–Kier alpha value is -1.21. The van der Waals surface area contributed by atoms with Crippen molar-refractivity contribution >= 4 is 27.3 Å². The van der Waals surface area contributed by atoms with E-state index in [1.165, 1.54) is 19.0 Å². The van der Waals surface area contributed by atoms with Gasteiger partial charge in [-0.3, -0.25) is 15.1 Å². The SMILES string of the molecule is O=[N+]([O-])c1cncc(Br)c1N1C[C@@H]2CCCN[C@@H]2C1. The van der Waals surface area contributed by atoms with Crippen LogP contribution in [0.5, 0.6) is 0 Å². The summed E-state index contributed by atoms with van der Waals surface area (Å²) in [6.45, 7) is 2.75. The second kappa shape index (κ2) is 5.05. The van der Waals surface area contributed by atoms with Gasteiger partial charge in [-0.1, -0.05) is 0 Å². The lowest BCUT2D eigenvalue weighted by Crippen LogP contribution is -2.40. The van der Waals surface area contributed by atoms with E-state index in [0.29, 0.717) is 22.1 Å². The van der Waals surface area contributed by atoms with Crippen molar-refractivity contribution in [3.63, 3.8) is 0 Å². The average molecular weight is 327 g/mol. The molecule has 1 aromatic heterocycles. The molecule has 0 radical (unpaired) electrons. The van der Waals surface area contributed by atoms with Crippen molar-refractivity contribution in [2.24, 2.45) is 5.92 Å². The van der Waals surface area contributed by atoms with Crippen LogP contribution in [0.15, 0.2) is 16.9 Å². The van der Waals surface area contributed by atoms with Crippen LogP contribution in [-0.4, -0.2) is 35.6 Å². The summed E-state index contributed by atoms with van der Waals surface area (Å²) >= 11 is 3.40. The number of rotatable bonds is 2. The number of aromatic nitrogens is 1. The van der Waals surface area contributed by atoms with E-state index in [2.05, 4.69) is 31.1 Å². The lowest BCUT2D eigenvalue weighted by Gasteiger charge is -2.24. The minimum absolute atomic E-state index is 0.0769. The Morgan fingerprint density at radius 2 is 2.32 bits per heavy atom. The number of piperidine rings is 1. The summed E-state index contributed by atoms with van der Waals surface area (Å²) in [4.78, 5) is 16.8. The van der Waals surface area contributed by atoms with Gasteiger partial charge in [0.1, 0.15) is 11.9 Å². The Morgan fingerprint density at radius 3 is 3.05 bits per heavy atom. The molecule has 102 valence electrons. The maximum absolute atomic E-state index is 11.1. The van der Waals surface area contributed by atoms with Gasteiger partial charge in [0.2, 0.25) is 0 Å². The normalized spacial score (nSPS) is 26.3. The molecule has 2 aliphatic rings. The van der Waals surface area contributed by atoms with E-state index in [1.54, 1.807) is 6.20 Å². The summed E-state index contributed by atoms with van der Waals surface area (Å²) in [6, 6.07) is 0.452. The third-order valence-corrected chi connectivity index (χ3v) is 4.55. The predicted molar refractivity (Wildman–Crippen MR) is 75.3 cm³/mol. The zero-order valence-corrected chi connectivity index (χ0v) is 12.0. The summed E-state index contributed by atoms with van der Waals surface area (Å²) < 4.78 is 0.695. The number of halogens is 1. The average Bonchev–Trinajstić information content (AvgIpc) is 2.81. The smallest absolute Gasteiger partial charge is 0.311 e. The van der Waals surface area contributed by atoms with Gasteiger partial charge in [0.25, 0.3) is 0 Å². The van der Waals surface area contributed by atoms with Crippen molar-refractivity contribution in [3.05, 3.63) is 27.0 Å². The number of anilines is 1. The molecule has 0 aliphatic carbocycles. The molecular formula is C12H15BrN4O2. The van der Waals surface area contributed by atoms with Crippen LogP contribution in [0.25, 0.3) is 0 Å². The minimum Gasteiger partial charge on any atom is -0.363 e. The van der Waals surface area contributed by atoms with Gasteiger partial charge < -0.3 is 10.2 Å². The molecule has 2 atom stereocenters. The van der Waals surface area contributed by atoms with E-state index < -0.39 is 0 Å². The molecule has 0 amide bonds. The zero-order chi connectivity index (χ0) is 13.4. The van der Waals surface area contributed by atoms with Crippen molar-refractivity contribution < 1.29 is 4.92 Å². The van der Waals surface area contributed by atoms with Gasteiger partial charge in [-0.25, -0.2) is 0 Å². The molecule has 0 saturated carbocycles. The Bertz CT molecular complexity index is 497. The number of nitrogens with zero attached hydrogens (tertiary/aromatic N) is 3. The molecule has 0 bridgehead atoms. The summed E-state index contributed by atoms with van der Waals surface area (Å²) in [5, 5.41) is 14.7. The lowest BCUT2D eigenvalue weighted by molar-refractivity contribution is -0.384. The second-order valence-electron chi connectivity index (χ2n) is 5.11. The number of nitro groups is 1. The topological polar surface area (TPSA) is 71.3 Å². The van der Waals surface area contributed by atoms with Crippen molar-refractivity contribution in [1.29, 1.82) is 0 Å². The third kappa shape index (κ3) is 2.32. The standard InChI is InChI=1S/C12H15BrN4O2/c13-9-4-14-5-11(17(18)19)12(9)16-6-8-2-1-3-15-10(8)7-16/h4-5,8,10,15H,1-3,6-7H2/t8-,10+/m0/s1. The molecule has 3 rings (SSSR count). The first-order chi connectivity index (χ1) is 9.16. The van der Waals surface area contributed by atoms with Crippen LogP contribution in [0, 0.1) is 16.0 Å². The summed E-state index contributed by atoms with van der Waals surface area (Å²) in [5.41, 5.74) is 0.740. The molecule has 2 fully saturated rings. The molecule has 6 nitrogen and oxygen atoms in total. The Morgan fingerprint density at radius 1 is 1.47 bits per heavy atom. The minimum atomic E-state index is -0.359. The number of fused-ring (bicyclic) bond motifs is 1. The molecule has 0 aromatic carbocycles. The van der Waals surface area contributed by atoms with Crippen molar-refractivity contribution in [2.75, 3.05) is 24.5 Å². The highest BCUT2D eigenvalue weighted by atomic mass is 79.9. The van der Waals surface area contributed by atoms with Crippen LogP contribution in [0.4, 0.5) is 11.4 Å². The predicted octanol–water partition coefficient (Wildman–Crippen LogP) is 1.94. The first kappa shape index (κ1) is 12.8. The van der Waals surface area contributed by atoms with E-state index in [0.717, 1.165) is 19.6 Å². The molecule has 1 aromatic rings. The fourth-order valence-corrected chi connectivity index (χ4v) is 3.67. The van der Waals surface area contributed by atoms with E-state index in [4.69, 9.17) is 0 Å². The van der Waals surface area contributed by atoms with Crippen molar-refractivity contribution in [3.8, 4) is 0 Å². The van der Waals surface area contributed by atoms with Gasteiger partial charge in [-0.2, -0.15) is 0 Å². The van der Waals surface area contributed by atoms with Crippen LogP contribution < -0.4 is 10.2 Å². The zero-order valence-electron chi connectivity index (χ0n) is 10.4. The quantitative estimate of drug-likeness (QED) is 0.664. The van der Waals surface area contributed by atoms with Gasteiger partial charge in [0, 0.05) is 25.3 Å². The van der Waals surface area contributed by atoms with Gasteiger partial charge in [-0.05, 0) is 41.2 Å². The van der Waals surface area contributed by atoms with E-state index in [-0.39, 0.29) is 10.6 Å². The monoisotopic (exact) mass is 326 g/mol. The Kier molecular flexibility index (Phi) is 3.40. The third-order valence-electron chi connectivity index (χ3n) is 3.97. The number of hydrogen-bond acceptors (Lipinski definition) is 5. The summed E-state index contributed by atoms with van der Waals surface area (Å²) in [5.74, 6) is 0.591. The van der Waals surface area contributed by atoms with Gasteiger partial charge >= 0.3 is 5.69 Å². The highest BCUT2D eigenvalue weighted by Gasteiger charge is 2.37. The fourth-order valence-electron chi connectivity index (χ4n) is 3.09. The first-order valence-electron chi connectivity index (χ1n) is 6.43. The molecule has 2 saturated heterocycles. The van der Waals surface area contributed by atoms with Crippen LogP contribution in [0.3, 0.4) is 0 Å². The Labute approximate surface area is 119 Å². The molecule has 2 aliphatic heterocycles. The molecule has 7 heteroatoms. The fraction of sp³-hybridized carbons (Fsp3) is 0.583. The molecule has 19 heavy (non-hydrogen) atoms.